The number of ether oxygens (including phenoxy) is 3. The molecule has 0 saturated heterocycles. The zero-order valence-corrected chi connectivity index (χ0v) is 26.9. The molecule has 1 aromatic heterocycles. The molecule has 0 fully saturated rings. The second-order valence-corrected chi connectivity index (χ2v) is 11.9. The molecule has 10 nitrogen and oxygen atoms in total. The smallest absolute Gasteiger partial charge is 0.338 e. The first-order valence-corrected chi connectivity index (χ1v) is 15.6. The van der Waals surface area contributed by atoms with Crippen LogP contribution in [0.25, 0.3) is 5.57 Å². The number of halogens is 1. The average molecular weight is 658 g/mol. The number of hydrogen-bond acceptors (Lipinski definition) is 9. The number of thiazole rings is 1. The molecule has 4 aromatic rings. The van der Waals surface area contributed by atoms with E-state index in [1.165, 1.54) is 24.7 Å². The van der Waals surface area contributed by atoms with Gasteiger partial charge in [-0.2, -0.15) is 0 Å². The molecule has 0 saturated carbocycles. The molecular formula is C34H28ClN3O7S. The summed E-state index contributed by atoms with van der Waals surface area (Å²) in [5.41, 5.74) is 2.77. The van der Waals surface area contributed by atoms with Gasteiger partial charge in [0.2, 0.25) is 0 Å². The molecule has 1 atom stereocenters. The number of hydrogen-bond donors (Lipinski definition) is 0. The Morgan fingerprint density at radius 3 is 2.48 bits per heavy atom. The molecule has 0 bridgehead atoms. The molecule has 234 valence electrons. The number of carbonyl (C=O) groups excluding carboxylic acids is 3. The second kappa shape index (κ2) is 12.4. The summed E-state index contributed by atoms with van der Waals surface area (Å²) in [4.78, 5) is 60.2. The van der Waals surface area contributed by atoms with Crippen LogP contribution in [0.2, 0.25) is 5.02 Å². The lowest BCUT2D eigenvalue weighted by Gasteiger charge is -2.25. The van der Waals surface area contributed by atoms with Gasteiger partial charge in [-0.25, -0.2) is 9.79 Å². The van der Waals surface area contributed by atoms with Crippen molar-refractivity contribution in [2.45, 2.75) is 33.4 Å². The SMILES string of the molecule is CCOC(=O)C1=C(C)N=c2s/c(=C3\C(=O)N(Cc4ccccc4Cl)c4ccccc43)c(=O)n2[C@H]1c1ccc(OC(C)=O)c(OC)c1. The highest BCUT2D eigenvalue weighted by Crippen LogP contribution is 2.38. The molecule has 0 radical (unpaired) electrons. The summed E-state index contributed by atoms with van der Waals surface area (Å²) in [5, 5.41) is 0.526. The van der Waals surface area contributed by atoms with E-state index in [1.54, 1.807) is 43.0 Å². The molecule has 1 amide bonds. The van der Waals surface area contributed by atoms with Crippen molar-refractivity contribution < 1.29 is 28.6 Å². The van der Waals surface area contributed by atoms with Crippen LogP contribution in [0.3, 0.4) is 0 Å². The van der Waals surface area contributed by atoms with Gasteiger partial charge in [-0.05, 0) is 49.2 Å². The van der Waals surface area contributed by atoms with Crippen LogP contribution in [0.15, 0.2) is 87.8 Å². The van der Waals surface area contributed by atoms with Gasteiger partial charge in [0, 0.05) is 17.5 Å². The molecule has 0 aliphatic carbocycles. The third kappa shape index (κ3) is 5.31. The van der Waals surface area contributed by atoms with E-state index in [9.17, 15) is 19.2 Å². The van der Waals surface area contributed by atoms with Gasteiger partial charge in [0.1, 0.15) is 4.53 Å². The minimum Gasteiger partial charge on any atom is -0.493 e. The molecule has 12 heteroatoms. The maximum atomic E-state index is 14.5. The van der Waals surface area contributed by atoms with Crippen molar-refractivity contribution in [3.05, 3.63) is 119 Å². The zero-order chi connectivity index (χ0) is 32.7. The van der Waals surface area contributed by atoms with Crippen molar-refractivity contribution in [3.63, 3.8) is 0 Å². The predicted molar refractivity (Wildman–Crippen MR) is 173 cm³/mol. The number of para-hydroxylation sites is 1. The quantitative estimate of drug-likeness (QED) is 0.215. The fraction of sp³-hybridized carbons (Fsp3) is 0.206. The van der Waals surface area contributed by atoms with Crippen molar-refractivity contribution in [1.29, 1.82) is 0 Å². The maximum absolute atomic E-state index is 14.5. The highest BCUT2D eigenvalue weighted by atomic mass is 35.5. The van der Waals surface area contributed by atoms with Gasteiger partial charge in [0.25, 0.3) is 11.5 Å². The van der Waals surface area contributed by atoms with Gasteiger partial charge in [0.05, 0.1) is 48.8 Å². The zero-order valence-electron chi connectivity index (χ0n) is 25.3. The van der Waals surface area contributed by atoms with Gasteiger partial charge in [0.15, 0.2) is 16.3 Å². The van der Waals surface area contributed by atoms with Gasteiger partial charge in [-0.3, -0.25) is 19.0 Å². The summed E-state index contributed by atoms with van der Waals surface area (Å²) >= 11 is 7.52. The Hall–Kier alpha value is -5.00. The van der Waals surface area contributed by atoms with Gasteiger partial charge in [-0.1, -0.05) is 65.4 Å². The monoisotopic (exact) mass is 657 g/mol. The Bertz CT molecular complexity index is 2150. The van der Waals surface area contributed by atoms with E-state index in [1.807, 2.05) is 36.4 Å². The number of anilines is 1. The minimum absolute atomic E-state index is 0.109. The summed E-state index contributed by atoms with van der Waals surface area (Å²) in [6.45, 7) is 4.95. The Kier molecular flexibility index (Phi) is 8.37. The molecule has 0 N–H and O–H groups in total. The number of allylic oxidation sites excluding steroid dienone is 1. The van der Waals surface area contributed by atoms with E-state index < -0.39 is 23.5 Å². The molecule has 3 heterocycles. The van der Waals surface area contributed by atoms with Gasteiger partial charge < -0.3 is 19.1 Å². The van der Waals surface area contributed by atoms with Crippen LogP contribution in [0.4, 0.5) is 5.69 Å². The molecular weight excluding hydrogens is 630 g/mol. The summed E-state index contributed by atoms with van der Waals surface area (Å²) in [6, 6.07) is 18.4. The number of nitrogens with zero attached hydrogens (tertiary/aromatic N) is 3. The largest absolute Gasteiger partial charge is 0.493 e. The summed E-state index contributed by atoms with van der Waals surface area (Å²) in [6.07, 6.45) is 0. The number of esters is 2. The molecule has 0 unspecified atom stereocenters. The predicted octanol–water partition coefficient (Wildman–Crippen LogP) is 4.30. The number of rotatable bonds is 7. The van der Waals surface area contributed by atoms with Crippen molar-refractivity contribution >= 4 is 52.0 Å². The highest BCUT2D eigenvalue weighted by molar-refractivity contribution is 7.07. The number of amides is 1. The van der Waals surface area contributed by atoms with Crippen LogP contribution in [-0.2, 0) is 25.7 Å². The first kappa shape index (κ1) is 31.0. The van der Waals surface area contributed by atoms with E-state index in [0.29, 0.717) is 32.3 Å². The number of methoxy groups -OCH3 is 1. The summed E-state index contributed by atoms with van der Waals surface area (Å²) in [7, 11) is 1.42. The Labute approximate surface area is 272 Å². The van der Waals surface area contributed by atoms with Crippen LogP contribution < -0.4 is 29.3 Å². The standard InChI is InChI=1S/C34H28ClN3O7S/c1-5-44-33(42)27-18(2)36-34-38(29(27)20-14-15-25(45-19(3)39)26(16-20)43-4)32(41)30(46-34)28-22-11-7-9-13-24(22)37(31(28)40)17-21-10-6-8-12-23(21)35/h6-16,29H,5,17H2,1-4H3/b30-28-/t29-/m0/s1. The lowest BCUT2D eigenvalue weighted by Crippen LogP contribution is -2.41. The summed E-state index contributed by atoms with van der Waals surface area (Å²) < 4.78 is 17.8. The topological polar surface area (TPSA) is 117 Å². The maximum Gasteiger partial charge on any atom is 0.338 e. The highest BCUT2D eigenvalue weighted by Gasteiger charge is 2.38. The van der Waals surface area contributed by atoms with Crippen LogP contribution in [0, 0.1) is 0 Å². The third-order valence-electron chi connectivity index (χ3n) is 7.69. The molecule has 3 aromatic carbocycles. The van der Waals surface area contributed by atoms with Crippen molar-refractivity contribution in [3.8, 4) is 11.5 Å². The molecule has 6 rings (SSSR count). The van der Waals surface area contributed by atoms with E-state index in [2.05, 4.69) is 4.99 Å². The van der Waals surface area contributed by atoms with Crippen LogP contribution in [0.1, 0.15) is 43.5 Å². The van der Waals surface area contributed by atoms with Crippen molar-refractivity contribution in [2.75, 3.05) is 18.6 Å². The molecule has 46 heavy (non-hydrogen) atoms. The Morgan fingerprint density at radius 2 is 1.76 bits per heavy atom. The lowest BCUT2D eigenvalue weighted by atomic mass is 9.95. The first-order valence-electron chi connectivity index (χ1n) is 14.4. The minimum atomic E-state index is -0.976. The summed E-state index contributed by atoms with van der Waals surface area (Å²) in [5.74, 6) is -1.11. The van der Waals surface area contributed by atoms with Gasteiger partial charge in [-0.15, -0.1) is 0 Å². The van der Waals surface area contributed by atoms with Crippen LogP contribution >= 0.6 is 22.9 Å². The number of aromatic nitrogens is 1. The fourth-order valence-corrected chi connectivity index (χ4v) is 7.04. The molecule has 2 aliphatic heterocycles. The average Bonchev–Trinajstić information content (AvgIpc) is 3.49. The van der Waals surface area contributed by atoms with Crippen molar-refractivity contribution in [1.82, 2.24) is 4.57 Å². The fourth-order valence-electron chi connectivity index (χ4n) is 5.70. The van der Waals surface area contributed by atoms with E-state index in [4.69, 9.17) is 25.8 Å². The number of carbonyl (C=O) groups is 3. The Balaban J connectivity index is 1.57. The molecule has 0 spiro atoms. The third-order valence-corrected chi connectivity index (χ3v) is 9.11. The van der Waals surface area contributed by atoms with E-state index in [0.717, 1.165) is 16.9 Å². The number of benzene rings is 3. The Morgan fingerprint density at radius 1 is 1.02 bits per heavy atom. The van der Waals surface area contributed by atoms with Gasteiger partial charge >= 0.3 is 11.9 Å². The van der Waals surface area contributed by atoms with Crippen LogP contribution in [-0.4, -0.2) is 36.1 Å². The number of fused-ring (bicyclic) bond motifs is 2. The normalized spacial score (nSPS) is 16.5. The first-order chi connectivity index (χ1) is 22.1. The molecule has 2 aliphatic rings. The van der Waals surface area contributed by atoms with E-state index >= 15 is 0 Å². The van der Waals surface area contributed by atoms with Crippen LogP contribution in [0.5, 0.6) is 11.5 Å². The second-order valence-electron chi connectivity index (χ2n) is 10.5. The van der Waals surface area contributed by atoms with E-state index in [-0.39, 0.29) is 46.2 Å². The lowest BCUT2D eigenvalue weighted by molar-refractivity contribution is -0.139. The van der Waals surface area contributed by atoms with Crippen molar-refractivity contribution in [2.24, 2.45) is 4.99 Å².